The first-order chi connectivity index (χ1) is 7.17. The molecular weight excluding hydrogens is 188 g/mol. The van der Waals surface area contributed by atoms with Crippen LogP contribution in [-0.2, 0) is 6.42 Å². The van der Waals surface area contributed by atoms with E-state index in [1.54, 1.807) is 0 Å². The van der Waals surface area contributed by atoms with Crippen LogP contribution < -0.4 is 11.3 Å². The molecule has 3 heteroatoms. The van der Waals surface area contributed by atoms with Crippen molar-refractivity contribution in [2.24, 2.45) is 5.84 Å². The van der Waals surface area contributed by atoms with E-state index in [0.717, 1.165) is 36.4 Å². The molecular formula is C12H20N2O. The fourth-order valence-electron chi connectivity index (χ4n) is 1.47. The molecule has 84 valence electrons. The summed E-state index contributed by atoms with van der Waals surface area (Å²) in [7, 11) is 0. The number of furan rings is 1. The molecule has 1 unspecified atom stereocenters. The van der Waals surface area contributed by atoms with Gasteiger partial charge in [0.25, 0.3) is 0 Å². The van der Waals surface area contributed by atoms with Crippen molar-refractivity contribution in [3.63, 3.8) is 0 Å². The van der Waals surface area contributed by atoms with Crippen molar-refractivity contribution in [2.75, 3.05) is 0 Å². The van der Waals surface area contributed by atoms with Crippen LogP contribution in [0.2, 0.25) is 0 Å². The summed E-state index contributed by atoms with van der Waals surface area (Å²) in [5.74, 6) is 7.42. The number of nitrogens with one attached hydrogen (secondary N) is 1. The van der Waals surface area contributed by atoms with E-state index in [2.05, 4.69) is 18.9 Å². The Hall–Kier alpha value is -1.06. The molecule has 1 rings (SSSR count). The molecule has 3 nitrogen and oxygen atoms in total. The second-order valence-corrected chi connectivity index (χ2v) is 3.87. The van der Waals surface area contributed by atoms with E-state index in [1.807, 2.05) is 19.1 Å². The highest BCUT2D eigenvalue weighted by atomic mass is 16.3. The summed E-state index contributed by atoms with van der Waals surface area (Å²) in [4.78, 5) is 0. The van der Waals surface area contributed by atoms with Crippen LogP contribution >= 0.6 is 0 Å². The predicted octanol–water partition coefficient (Wildman–Crippen LogP) is 2.70. The Balaban J connectivity index is 2.61. The molecule has 0 saturated carbocycles. The van der Waals surface area contributed by atoms with Crippen LogP contribution in [0.5, 0.6) is 0 Å². The number of hydrogen-bond donors (Lipinski definition) is 2. The van der Waals surface area contributed by atoms with E-state index in [9.17, 15) is 0 Å². The normalized spacial score (nSPS) is 12.7. The monoisotopic (exact) mass is 208 g/mol. The third kappa shape index (κ3) is 3.53. The minimum atomic E-state index is 0.0852. The average Bonchev–Trinajstić information content (AvgIpc) is 2.67. The zero-order valence-corrected chi connectivity index (χ0v) is 9.55. The molecule has 15 heavy (non-hydrogen) atoms. The Bertz CT molecular complexity index is 317. The van der Waals surface area contributed by atoms with Gasteiger partial charge in [0.1, 0.15) is 11.5 Å². The summed E-state index contributed by atoms with van der Waals surface area (Å²) in [6.45, 7) is 7.97. The maximum atomic E-state index is 5.65. The van der Waals surface area contributed by atoms with E-state index in [4.69, 9.17) is 10.3 Å². The number of nitrogens with two attached hydrogens (primary N) is 1. The summed E-state index contributed by atoms with van der Waals surface area (Å²) in [6, 6.07) is 4.07. The minimum absolute atomic E-state index is 0.0852. The van der Waals surface area contributed by atoms with E-state index in [0.29, 0.717) is 0 Å². The Morgan fingerprint density at radius 2 is 2.33 bits per heavy atom. The Kier molecular flexibility index (Phi) is 4.59. The molecule has 1 heterocycles. The Morgan fingerprint density at radius 1 is 1.60 bits per heavy atom. The first-order valence-electron chi connectivity index (χ1n) is 5.36. The maximum Gasteiger partial charge on any atom is 0.122 e. The zero-order chi connectivity index (χ0) is 11.3. The third-order valence-corrected chi connectivity index (χ3v) is 2.44. The van der Waals surface area contributed by atoms with Gasteiger partial charge in [-0.3, -0.25) is 5.84 Å². The van der Waals surface area contributed by atoms with Gasteiger partial charge >= 0.3 is 0 Å². The van der Waals surface area contributed by atoms with Gasteiger partial charge in [0.15, 0.2) is 0 Å². The smallest absolute Gasteiger partial charge is 0.122 e. The highest BCUT2D eigenvalue weighted by molar-refractivity contribution is 5.11. The van der Waals surface area contributed by atoms with Crippen molar-refractivity contribution in [1.29, 1.82) is 0 Å². The number of hydrazine groups is 1. The molecule has 0 fully saturated rings. The number of allylic oxidation sites excluding steroid dienone is 1. The second kappa shape index (κ2) is 5.73. The fraction of sp³-hybridized carbons (Fsp3) is 0.500. The summed E-state index contributed by atoms with van der Waals surface area (Å²) >= 11 is 0. The molecule has 0 radical (unpaired) electrons. The zero-order valence-electron chi connectivity index (χ0n) is 9.55. The van der Waals surface area contributed by atoms with Gasteiger partial charge < -0.3 is 4.42 Å². The van der Waals surface area contributed by atoms with E-state index in [-0.39, 0.29) is 6.04 Å². The average molecular weight is 208 g/mol. The lowest BCUT2D eigenvalue weighted by Gasteiger charge is -2.12. The summed E-state index contributed by atoms with van der Waals surface area (Å²) < 4.78 is 5.65. The summed E-state index contributed by atoms with van der Waals surface area (Å²) in [5, 5.41) is 0. The SMILES string of the molecule is C=C(C)CCC(NN)c1ccc(CC)o1. The molecule has 0 spiro atoms. The first kappa shape index (κ1) is 12.0. The van der Waals surface area contributed by atoms with Crippen molar-refractivity contribution in [3.05, 3.63) is 35.8 Å². The molecule has 0 bridgehead atoms. The Morgan fingerprint density at radius 3 is 2.80 bits per heavy atom. The molecule has 0 aliphatic rings. The summed E-state index contributed by atoms with van der Waals surface area (Å²) in [5.41, 5.74) is 3.94. The van der Waals surface area contributed by atoms with Crippen molar-refractivity contribution in [1.82, 2.24) is 5.43 Å². The molecule has 0 amide bonds. The van der Waals surface area contributed by atoms with Crippen LogP contribution in [0.15, 0.2) is 28.7 Å². The van der Waals surface area contributed by atoms with Gasteiger partial charge in [-0.05, 0) is 31.9 Å². The van der Waals surface area contributed by atoms with Crippen LogP contribution in [0.25, 0.3) is 0 Å². The second-order valence-electron chi connectivity index (χ2n) is 3.87. The first-order valence-corrected chi connectivity index (χ1v) is 5.36. The van der Waals surface area contributed by atoms with Crippen LogP contribution in [-0.4, -0.2) is 0 Å². The van der Waals surface area contributed by atoms with Gasteiger partial charge in [0, 0.05) is 6.42 Å². The highest BCUT2D eigenvalue weighted by Crippen LogP contribution is 2.22. The lowest BCUT2D eigenvalue weighted by molar-refractivity contribution is 0.384. The number of aryl methyl sites for hydroxylation is 1. The molecule has 1 aromatic heterocycles. The van der Waals surface area contributed by atoms with Crippen LogP contribution in [0.4, 0.5) is 0 Å². The number of hydrogen-bond acceptors (Lipinski definition) is 3. The van der Waals surface area contributed by atoms with E-state index in [1.165, 1.54) is 0 Å². The quantitative estimate of drug-likeness (QED) is 0.429. The molecule has 1 aromatic rings. The maximum absolute atomic E-state index is 5.65. The molecule has 1 atom stereocenters. The molecule has 0 aliphatic carbocycles. The van der Waals surface area contributed by atoms with Crippen molar-refractivity contribution in [3.8, 4) is 0 Å². The highest BCUT2D eigenvalue weighted by Gasteiger charge is 2.13. The molecule has 3 N–H and O–H groups in total. The lowest BCUT2D eigenvalue weighted by atomic mass is 10.1. The van der Waals surface area contributed by atoms with Gasteiger partial charge in [0.05, 0.1) is 6.04 Å². The lowest BCUT2D eigenvalue weighted by Crippen LogP contribution is -2.27. The van der Waals surface area contributed by atoms with Crippen LogP contribution in [0, 0.1) is 0 Å². The topological polar surface area (TPSA) is 51.2 Å². The fourth-order valence-corrected chi connectivity index (χ4v) is 1.47. The van der Waals surface area contributed by atoms with Crippen molar-refractivity contribution >= 4 is 0 Å². The molecule has 0 aliphatic heterocycles. The van der Waals surface area contributed by atoms with Gasteiger partial charge in [-0.2, -0.15) is 0 Å². The van der Waals surface area contributed by atoms with Crippen LogP contribution in [0.1, 0.15) is 44.3 Å². The standard InChI is InChI=1S/C12H20N2O/c1-4-10-6-8-12(15-10)11(14-13)7-5-9(2)3/h6,8,11,14H,2,4-5,7,13H2,1,3H3. The van der Waals surface area contributed by atoms with Crippen LogP contribution in [0.3, 0.4) is 0 Å². The predicted molar refractivity (Wildman–Crippen MR) is 62.2 cm³/mol. The van der Waals surface area contributed by atoms with Gasteiger partial charge in [-0.15, -0.1) is 6.58 Å². The van der Waals surface area contributed by atoms with E-state index < -0.39 is 0 Å². The van der Waals surface area contributed by atoms with Gasteiger partial charge in [-0.25, -0.2) is 5.43 Å². The van der Waals surface area contributed by atoms with E-state index >= 15 is 0 Å². The van der Waals surface area contributed by atoms with Crippen molar-refractivity contribution < 1.29 is 4.42 Å². The van der Waals surface area contributed by atoms with Crippen molar-refractivity contribution in [2.45, 2.75) is 39.2 Å². The Labute approximate surface area is 91.3 Å². The van der Waals surface area contributed by atoms with Gasteiger partial charge in [-0.1, -0.05) is 12.5 Å². The summed E-state index contributed by atoms with van der Waals surface area (Å²) in [6.07, 6.45) is 2.79. The molecule has 0 aromatic carbocycles. The largest absolute Gasteiger partial charge is 0.464 e. The molecule has 0 saturated heterocycles. The van der Waals surface area contributed by atoms with Gasteiger partial charge in [0.2, 0.25) is 0 Å². The minimum Gasteiger partial charge on any atom is -0.464 e. The number of rotatable bonds is 6. The third-order valence-electron chi connectivity index (χ3n) is 2.44.